The van der Waals surface area contributed by atoms with E-state index in [-0.39, 0.29) is 11.5 Å². The molecule has 4 nitrogen and oxygen atoms in total. The van der Waals surface area contributed by atoms with Gasteiger partial charge in [-0.15, -0.1) is 0 Å². The van der Waals surface area contributed by atoms with E-state index in [1.807, 2.05) is 0 Å². The number of anilines is 1. The van der Waals surface area contributed by atoms with Crippen LogP contribution in [0.5, 0.6) is 0 Å². The van der Waals surface area contributed by atoms with Crippen LogP contribution in [0.2, 0.25) is 0 Å². The summed E-state index contributed by atoms with van der Waals surface area (Å²) in [5.41, 5.74) is 2.30. The molecule has 0 bridgehead atoms. The van der Waals surface area contributed by atoms with Gasteiger partial charge < -0.3 is 10.4 Å². The predicted molar refractivity (Wildman–Crippen MR) is 57.2 cm³/mol. The molecule has 0 unspecified atom stereocenters. The van der Waals surface area contributed by atoms with Crippen LogP contribution in [0.4, 0.5) is 5.69 Å². The zero-order valence-corrected chi connectivity index (χ0v) is 8.92. The maximum Gasteiger partial charge on any atom is 0.335 e. The fourth-order valence-corrected chi connectivity index (χ4v) is 1.37. The van der Waals surface area contributed by atoms with Gasteiger partial charge in [0.05, 0.1) is 5.56 Å². The number of benzene rings is 1. The summed E-state index contributed by atoms with van der Waals surface area (Å²) in [6.45, 7) is 4.88. The smallest absolute Gasteiger partial charge is 0.335 e. The van der Waals surface area contributed by atoms with Gasteiger partial charge in [0.25, 0.3) is 0 Å². The molecule has 4 heteroatoms. The quantitative estimate of drug-likeness (QED) is 0.779. The number of aryl methyl sites for hydroxylation is 2. The summed E-state index contributed by atoms with van der Waals surface area (Å²) >= 11 is 0. The molecular formula is C11H13NO3. The fraction of sp³-hybridized carbons (Fsp3) is 0.273. The highest BCUT2D eigenvalue weighted by Crippen LogP contribution is 2.20. The second kappa shape index (κ2) is 4.13. The van der Waals surface area contributed by atoms with Crippen LogP contribution in [0.3, 0.4) is 0 Å². The number of carboxylic acids is 1. The van der Waals surface area contributed by atoms with Crippen molar-refractivity contribution in [2.75, 3.05) is 5.32 Å². The molecule has 80 valence electrons. The van der Waals surface area contributed by atoms with Crippen molar-refractivity contribution < 1.29 is 14.7 Å². The van der Waals surface area contributed by atoms with Crippen LogP contribution >= 0.6 is 0 Å². The van der Waals surface area contributed by atoms with Crippen molar-refractivity contribution in [3.05, 3.63) is 28.8 Å². The lowest BCUT2D eigenvalue weighted by molar-refractivity contribution is -0.114. The summed E-state index contributed by atoms with van der Waals surface area (Å²) in [4.78, 5) is 21.7. The SMILES string of the molecule is CC(=O)Nc1cc(C)c(C(=O)O)cc1C. The number of amides is 1. The topological polar surface area (TPSA) is 66.4 Å². The summed E-state index contributed by atoms with van der Waals surface area (Å²) in [5.74, 6) is -1.12. The lowest BCUT2D eigenvalue weighted by Crippen LogP contribution is -2.09. The summed E-state index contributed by atoms with van der Waals surface area (Å²) < 4.78 is 0. The van der Waals surface area contributed by atoms with E-state index < -0.39 is 5.97 Å². The molecular weight excluding hydrogens is 194 g/mol. The number of hydrogen-bond donors (Lipinski definition) is 2. The maximum atomic E-state index is 10.9. The number of hydrogen-bond acceptors (Lipinski definition) is 2. The molecule has 0 radical (unpaired) electrons. The first-order valence-electron chi connectivity index (χ1n) is 4.54. The molecule has 0 aliphatic rings. The highest BCUT2D eigenvalue weighted by atomic mass is 16.4. The van der Waals surface area contributed by atoms with Crippen LogP contribution in [-0.4, -0.2) is 17.0 Å². The van der Waals surface area contributed by atoms with E-state index in [2.05, 4.69) is 5.32 Å². The van der Waals surface area contributed by atoms with E-state index >= 15 is 0 Å². The Bertz CT molecular complexity index is 424. The molecule has 0 aliphatic carbocycles. The van der Waals surface area contributed by atoms with Crippen LogP contribution in [-0.2, 0) is 4.79 Å². The minimum absolute atomic E-state index is 0.166. The Hall–Kier alpha value is -1.84. The fourth-order valence-electron chi connectivity index (χ4n) is 1.37. The third-order valence-corrected chi connectivity index (χ3v) is 2.11. The van der Waals surface area contributed by atoms with Gasteiger partial charge >= 0.3 is 5.97 Å². The Morgan fingerprint density at radius 1 is 1.20 bits per heavy atom. The zero-order valence-electron chi connectivity index (χ0n) is 8.92. The molecule has 0 saturated carbocycles. The third kappa shape index (κ3) is 2.56. The van der Waals surface area contributed by atoms with Crippen molar-refractivity contribution >= 4 is 17.6 Å². The summed E-state index contributed by atoms with van der Waals surface area (Å²) in [6, 6.07) is 3.23. The summed E-state index contributed by atoms with van der Waals surface area (Å²) in [5, 5.41) is 11.5. The van der Waals surface area contributed by atoms with Gasteiger partial charge in [-0.1, -0.05) is 0 Å². The predicted octanol–water partition coefficient (Wildman–Crippen LogP) is 1.96. The normalized spacial score (nSPS) is 9.80. The molecule has 1 aromatic rings. The van der Waals surface area contributed by atoms with Crippen LogP contribution in [0.25, 0.3) is 0 Å². The number of aromatic carboxylic acids is 1. The first-order valence-corrected chi connectivity index (χ1v) is 4.54. The molecule has 0 atom stereocenters. The number of carbonyl (C=O) groups excluding carboxylic acids is 1. The summed E-state index contributed by atoms with van der Waals surface area (Å²) in [6.07, 6.45) is 0. The Labute approximate surface area is 87.9 Å². The molecule has 2 N–H and O–H groups in total. The molecule has 1 aromatic carbocycles. The standard InChI is InChI=1S/C11H13NO3/c1-6-5-10(12-8(3)13)7(2)4-9(6)11(14)15/h4-5H,1-3H3,(H,12,13)(H,14,15). The van der Waals surface area contributed by atoms with Crippen molar-refractivity contribution in [2.24, 2.45) is 0 Å². The molecule has 15 heavy (non-hydrogen) atoms. The van der Waals surface area contributed by atoms with Crippen LogP contribution < -0.4 is 5.32 Å². The highest BCUT2D eigenvalue weighted by Gasteiger charge is 2.10. The minimum Gasteiger partial charge on any atom is -0.478 e. The van der Waals surface area contributed by atoms with Gasteiger partial charge in [0.15, 0.2) is 0 Å². The summed E-state index contributed by atoms with van der Waals surface area (Å²) in [7, 11) is 0. The van der Waals surface area contributed by atoms with Crippen LogP contribution in [0.15, 0.2) is 12.1 Å². The average molecular weight is 207 g/mol. The monoisotopic (exact) mass is 207 g/mol. The first kappa shape index (κ1) is 11.2. The zero-order chi connectivity index (χ0) is 11.6. The number of carbonyl (C=O) groups is 2. The van der Waals surface area contributed by atoms with Crippen LogP contribution in [0, 0.1) is 13.8 Å². The second-order valence-corrected chi connectivity index (χ2v) is 3.47. The largest absolute Gasteiger partial charge is 0.478 e. The molecule has 1 rings (SSSR count). The minimum atomic E-state index is -0.954. The molecule has 0 heterocycles. The number of nitrogens with one attached hydrogen (secondary N) is 1. The third-order valence-electron chi connectivity index (χ3n) is 2.11. The molecule has 1 amide bonds. The number of carboxylic acid groups (broad SMARTS) is 1. The molecule has 0 spiro atoms. The number of rotatable bonds is 2. The van der Waals surface area contributed by atoms with Gasteiger partial charge in [0.2, 0.25) is 5.91 Å². The van der Waals surface area contributed by atoms with Crippen molar-refractivity contribution in [2.45, 2.75) is 20.8 Å². The van der Waals surface area contributed by atoms with E-state index in [9.17, 15) is 9.59 Å². The Morgan fingerprint density at radius 2 is 1.80 bits per heavy atom. The van der Waals surface area contributed by atoms with Crippen molar-refractivity contribution in [3.63, 3.8) is 0 Å². The van der Waals surface area contributed by atoms with E-state index in [0.29, 0.717) is 11.3 Å². The average Bonchev–Trinajstić information content (AvgIpc) is 2.09. The Kier molecular flexibility index (Phi) is 3.09. The second-order valence-electron chi connectivity index (χ2n) is 3.47. The lowest BCUT2D eigenvalue weighted by Gasteiger charge is -2.09. The van der Waals surface area contributed by atoms with E-state index in [0.717, 1.165) is 5.56 Å². The Morgan fingerprint density at radius 3 is 2.27 bits per heavy atom. The van der Waals surface area contributed by atoms with Gasteiger partial charge in [-0.05, 0) is 37.1 Å². The molecule has 0 aromatic heterocycles. The van der Waals surface area contributed by atoms with E-state index in [1.165, 1.54) is 6.92 Å². The van der Waals surface area contributed by atoms with Crippen LogP contribution in [0.1, 0.15) is 28.4 Å². The first-order chi connectivity index (χ1) is 6.91. The molecule has 0 saturated heterocycles. The van der Waals surface area contributed by atoms with Crippen molar-refractivity contribution in [1.29, 1.82) is 0 Å². The maximum absolute atomic E-state index is 10.9. The van der Waals surface area contributed by atoms with Gasteiger partial charge in [0, 0.05) is 12.6 Å². The van der Waals surface area contributed by atoms with E-state index in [1.54, 1.807) is 26.0 Å². The lowest BCUT2D eigenvalue weighted by atomic mass is 10.0. The molecule has 0 aliphatic heterocycles. The van der Waals surface area contributed by atoms with Crippen molar-refractivity contribution in [1.82, 2.24) is 0 Å². The van der Waals surface area contributed by atoms with Gasteiger partial charge in [-0.3, -0.25) is 4.79 Å². The highest BCUT2D eigenvalue weighted by molar-refractivity contribution is 5.93. The van der Waals surface area contributed by atoms with Gasteiger partial charge in [0.1, 0.15) is 0 Å². The van der Waals surface area contributed by atoms with Gasteiger partial charge in [-0.2, -0.15) is 0 Å². The van der Waals surface area contributed by atoms with E-state index in [4.69, 9.17) is 5.11 Å². The Balaban J connectivity index is 3.19. The van der Waals surface area contributed by atoms with Crippen molar-refractivity contribution in [3.8, 4) is 0 Å². The van der Waals surface area contributed by atoms with Gasteiger partial charge in [-0.25, -0.2) is 4.79 Å². The molecule has 0 fully saturated rings.